The third-order valence-electron chi connectivity index (χ3n) is 4.71. The van der Waals surface area contributed by atoms with Crippen molar-refractivity contribution in [2.75, 3.05) is 0 Å². The van der Waals surface area contributed by atoms with Crippen molar-refractivity contribution in [2.24, 2.45) is 0 Å². The minimum atomic E-state index is -3.67. The van der Waals surface area contributed by atoms with Crippen LogP contribution in [0.1, 0.15) is 41.1 Å². The fourth-order valence-electron chi connectivity index (χ4n) is 2.97. The van der Waals surface area contributed by atoms with Crippen LogP contribution in [0.15, 0.2) is 53.4 Å². The van der Waals surface area contributed by atoms with Gasteiger partial charge in [-0.3, -0.25) is 4.79 Å². The van der Waals surface area contributed by atoms with E-state index in [2.05, 4.69) is 10.0 Å². The molecule has 2 fully saturated rings. The minimum Gasteiger partial charge on any atom is -0.349 e. The standard InChI is InChI=1S/C19H19ClN2O3S/c20-14-6-4-12(5-7-14)17-11-18(17)22-26(24,25)16-3-1-2-13(10-16)19(23)21-15-8-9-15/h1-7,10,15,17-18,22H,8-9,11H2,(H,21,23)/t17-,18+/m0/s1. The lowest BCUT2D eigenvalue weighted by Crippen LogP contribution is -2.28. The number of carbonyl (C=O) groups excluding carboxylic acids is 1. The van der Waals surface area contributed by atoms with E-state index in [9.17, 15) is 13.2 Å². The van der Waals surface area contributed by atoms with Gasteiger partial charge in [-0.2, -0.15) is 0 Å². The monoisotopic (exact) mass is 390 g/mol. The van der Waals surface area contributed by atoms with E-state index < -0.39 is 10.0 Å². The van der Waals surface area contributed by atoms with Crippen LogP contribution in [0.5, 0.6) is 0 Å². The molecule has 0 bridgehead atoms. The van der Waals surface area contributed by atoms with Crippen LogP contribution in [0.2, 0.25) is 5.02 Å². The number of nitrogens with one attached hydrogen (secondary N) is 2. The van der Waals surface area contributed by atoms with Gasteiger partial charge in [-0.15, -0.1) is 0 Å². The molecule has 7 heteroatoms. The Bertz CT molecular complexity index is 940. The first-order chi connectivity index (χ1) is 12.4. The van der Waals surface area contributed by atoms with E-state index in [1.807, 2.05) is 24.3 Å². The number of amides is 1. The summed E-state index contributed by atoms with van der Waals surface area (Å²) < 4.78 is 28.1. The highest BCUT2D eigenvalue weighted by Gasteiger charge is 2.41. The van der Waals surface area contributed by atoms with Crippen LogP contribution in [0.25, 0.3) is 0 Å². The van der Waals surface area contributed by atoms with Crippen LogP contribution >= 0.6 is 11.6 Å². The van der Waals surface area contributed by atoms with Crippen LogP contribution in [-0.2, 0) is 10.0 Å². The molecule has 0 saturated heterocycles. The van der Waals surface area contributed by atoms with Gasteiger partial charge in [0.25, 0.3) is 5.91 Å². The van der Waals surface area contributed by atoms with Crippen LogP contribution in [0.4, 0.5) is 0 Å². The molecule has 2 aromatic rings. The third kappa shape index (κ3) is 3.92. The highest BCUT2D eigenvalue weighted by molar-refractivity contribution is 7.89. The summed E-state index contributed by atoms with van der Waals surface area (Å²) in [6, 6.07) is 13.7. The number of benzene rings is 2. The molecule has 1 amide bonds. The predicted octanol–water partition coefficient (Wildman–Crippen LogP) is 3.07. The smallest absolute Gasteiger partial charge is 0.251 e. The van der Waals surface area contributed by atoms with E-state index in [0.717, 1.165) is 24.8 Å². The summed E-state index contributed by atoms with van der Waals surface area (Å²) in [5, 5.41) is 3.53. The first-order valence-corrected chi connectivity index (χ1v) is 10.5. The normalized spacial score (nSPS) is 22.0. The number of hydrogen-bond donors (Lipinski definition) is 2. The number of hydrogen-bond acceptors (Lipinski definition) is 3. The second-order valence-corrected chi connectivity index (χ2v) is 9.05. The van der Waals surface area contributed by atoms with Crippen LogP contribution in [0, 0.1) is 0 Å². The highest BCUT2D eigenvalue weighted by Crippen LogP contribution is 2.41. The summed E-state index contributed by atoms with van der Waals surface area (Å²) in [5.41, 5.74) is 1.43. The molecular formula is C19H19ClN2O3S. The van der Waals surface area contributed by atoms with E-state index in [-0.39, 0.29) is 28.8 Å². The van der Waals surface area contributed by atoms with Gasteiger partial charge in [0.05, 0.1) is 4.90 Å². The Balaban J connectivity index is 1.45. The topological polar surface area (TPSA) is 75.3 Å². The van der Waals surface area contributed by atoms with Crippen LogP contribution in [0.3, 0.4) is 0 Å². The lowest BCUT2D eigenvalue weighted by atomic mass is 10.1. The molecule has 0 radical (unpaired) electrons. The molecular weight excluding hydrogens is 372 g/mol. The molecule has 26 heavy (non-hydrogen) atoms. The molecule has 2 atom stereocenters. The van der Waals surface area contributed by atoms with E-state index >= 15 is 0 Å². The van der Waals surface area contributed by atoms with Gasteiger partial charge in [-0.05, 0) is 55.2 Å². The van der Waals surface area contributed by atoms with Crippen molar-refractivity contribution in [2.45, 2.75) is 42.2 Å². The van der Waals surface area contributed by atoms with Crippen molar-refractivity contribution in [3.8, 4) is 0 Å². The minimum absolute atomic E-state index is 0.114. The molecule has 0 aliphatic heterocycles. The summed E-state index contributed by atoms with van der Waals surface area (Å²) in [7, 11) is -3.67. The maximum Gasteiger partial charge on any atom is 0.251 e. The van der Waals surface area contributed by atoms with E-state index in [1.54, 1.807) is 12.1 Å². The Morgan fingerprint density at radius 3 is 2.50 bits per heavy atom. The van der Waals surface area contributed by atoms with Crippen molar-refractivity contribution >= 4 is 27.5 Å². The van der Waals surface area contributed by atoms with Gasteiger partial charge >= 0.3 is 0 Å². The second-order valence-electron chi connectivity index (χ2n) is 6.90. The molecule has 0 unspecified atom stereocenters. The summed E-state index contributed by atoms with van der Waals surface area (Å²) in [4.78, 5) is 12.2. The maximum atomic E-state index is 12.7. The lowest BCUT2D eigenvalue weighted by molar-refractivity contribution is 0.0951. The van der Waals surface area contributed by atoms with Crippen molar-refractivity contribution in [3.63, 3.8) is 0 Å². The largest absolute Gasteiger partial charge is 0.349 e. The van der Waals surface area contributed by atoms with Gasteiger partial charge in [-0.25, -0.2) is 13.1 Å². The average Bonchev–Trinajstić information content (AvgIpc) is 3.53. The van der Waals surface area contributed by atoms with Gasteiger partial charge in [-0.1, -0.05) is 29.8 Å². The Hall–Kier alpha value is -1.89. The molecule has 2 aliphatic carbocycles. The zero-order valence-electron chi connectivity index (χ0n) is 14.0. The molecule has 0 aromatic heterocycles. The number of rotatable bonds is 6. The maximum absolute atomic E-state index is 12.7. The summed E-state index contributed by atoms with van der Waals surface area (Å²) in [6.45, 7) is 0. The van der Waals surface area contributed by atoms with Gasteiger partial charge in [0.15, 0.2) is 0 Å². The molecule has 4 rings (SSSR count). The molecule has 136 valence electrons. The van der Waals surface area contributed by atoms with Gasteiger partial charge in [0.2, 0.25) is 10.0 Å². The second kappa shape index (κ2) is 6.68. The van der Waals surface area contributed by atoms with E-state index in [4.69, 9.17) is 11.6 Å². The first kappa shape index (κ1) is 17.5. The number of carbonyl (C=O) groups is 1. The summed E-state index contributed by atoms with van der Waals surface area (Å²) in [6.07, 6.45) is 2.72. The molecule has 0 heterocycles. The Kier molecular flexibility index (Phi) is 4.50. The Morgan fingerprint density at radius 1 is 1.08 bits per heavy atom. The molecule has 2 N–H and O–H groups in total. The highest BCUT2D eigenvalue weighted by atomic mass is 35.5. The van der Waals surface area contributed by atoms with E-state index in [0.29, 0.717) is 10.6 Å². The van der Waals surface area contributed by atoms with Gasteiger partial charge in [0, 0.05) is 28.6 Å². The predicted molar refractivity (Wildman–Crippen MR) is 99.8 cm³/mol. The third-order valence-corrected chi connectivity index (χ3v) is 6.45. The number of sulfonamides is 1. The molecule has 0 spiro atoms. The number of halogens is 1. The quantitative estimate of drug-likeness (QED) is 0.795. The van der Waals surface area contributed by atoms with Crippen molar-refractivity contribution < 1.29 is 13.2 Å². The fraction of sp³-hybridized carbons (Fsp3) is 0.316. The zero-order chi connectivity index (χ0) is 18.3. The summed E-state index contributed by atoms with van der Waals surface area (Å²) >= 11 is 5.89. The zero-order valence-corrected chi connectivity index (χ0v) is 15.6. The Labute approximate surface area is 157 Å². The van der Waals surface area contributed by atoms with Crippen molar-refractivity contribution in [1.82, 2.24) is 10.0 Å². The van der Waals surface area contributed by atoms with Crippen molar-refractivity contribution in [3.05, 3.63) is 64.7 Å². The van der Waals surface area contributed by atoms with Gasteiger partial charge < -0.3 is 5.32 Å². The summed E-state index contributed by atoms with van der Waals surface area (Å²) in [5.74, 6) is -0.0709. The molecule has 5 nitrogen and oxygen atoms in total. The SMILES string of the molecule is O=C(NC1CC1)c1cccc(S(=O)(=O)N[C@@H]2C[C@H]2c2ccc(Cl)cc2)c1. The lowest BCUT2D eigenvalue weighted by Gasteiger charge is -2.09. The van der Waals surface area contributed by atoms with Crippen LogP contribution < -0.4 is 10.0 Å². The molecule has 2 aliphatic rings. The Morgan fingerprint density at radius 2 is 1.81 bits per heavy atom. The van der Waals surface area contributed by atoms with Gasteiger partial charge in [0.1, 0.15) is 0 Å². The fourth-order valence-corrected chi connectivity index (χ4v) is 4.43. The molecule has 2 aromatic carbocycles. The van der Waals surface area contributed by atoms with Crippen molar-refractivity contribution in [1.29, 1.82) is 0 Å². The first-order valence-electron chi connectivity index (χ1n) is 8.61. The van der Waals surface area contributed by atoms with E-state index in [1.165, 1.54) is 12.1 Å². The molecule has 2 saturated carbocycles. The average molecular weight is 391 g/mol. The van der Waals surface area contributed by atoms with Crippen LogP contribution in [-0.4, -0.2) is 26.4 Å².